The first-order valence-electron chi connectivity index (χ1n) is 11.5. The molecule has 2 heterocycles. The third-order valence-electron chi connectivity index (χ3n) is 6.07. The predicted octanol–water partition coefficient (Wildman–Crippen LogP) is 3.05. The van der Waals surface area contributed by atoms with Crippen molar-refractivity contribution in [2.24, 2.45) is 0 Å². The molecule has 2 fully saturated rings. The number of benzene rings is 2. The van der Waals surface area contributed by atoms with Gasteiger partial charge in [-0.15, -0.1) is 0 Å². The molecule has 0 unspecified atom stereocenters. The quantitative estimate of drug-likeness (QED) is 0.689. The van der Waals surface area contributed by atoms with Gasteiger partial charge in [-0.3, -0.25) is 14.5 Å². The SMILES string of the molecule is O=C(CCN1CCN(CC(=O)N2CCCC2)CC1)Nc1ccccc1Oc1ccccc1. The average Bonchev–Trinajstić information content (AvgIpc) is 3.36. The standard InChI is InChI=1S/C25H32N4O3/c30-24(26-22-10-4-5-11-23(22)32-21-8-2-1-3-9-21)12-15-27-16-18-28(19-17-27)20-25(31)29-13-6-7-14-29/h1-5,8-11H,6-7,12-20H2,(H,26,30). The van der Waals surface area contributed by atoms with E-state index in [-0.39, 0.29) is 11.8 Å². The molecule has 170 valence electrons. The normalized spacial score (nSPS) is 17.3. The molecular formula is C25H32N4O3. The average molecular weight is 437 g/mol. The van der Waals surface area contributed by atoms with Crippen LogP contribution in [0.25, 0.3) is 0 Å². The van der Waals surface area contributed by atoms with Gasteiger partial charge in [-0.25, -0.2) is 0 Å². The van der Waals surface area contributed by atoms with E-state index in [0.717, 1.165) is 57.9 Å². The minimum absolute atomic E-state index is 0.0271. The molecule has 7 nitrogen and oxygen atoms in total. The molecule has 4 rings (SSSR count). The minimum Gasteiger partial charge on any atom is -0.455 e. The fraction of sp³-hybridized carbons (Fsp3) is 0.440. The van der Waals surface area contributed by atoms with Crippen LogP contribution in [0.4, 0.5) is 5.69 Å². The lowest BCUT2D eigenvalue weighted by atomic mass is 10.2. The van der Waals surface area contributed by atoms with E-state index >= 15 is 0 Å². The van der Waals surface area contributed by atoms with Crippen LogP contribution in [0, 0.1) is 0 Å². The van der Waals surface area contributed by atoms with Crippen LogP contribution in [0.15, 0.2) is 54.6 Å². The molecule has 0 saturated carbocycles. The van der Waals surface area contributed by atoms with Crippen molar-refractivity contribution >= 4 is 17.5 Å². The van der Waals surface area contributed by atoms with Gasteiger partial charge in [-0.1, -0.05) is 30.3 Å². The van der Waals surface area contributed by atoms with Gasteiger partial charge in [0.2, 0.25) is 11.8 Å². The maximum atomic E-state index is 12.6. The number of hydrogen-bond acceptors (Lipinski definition) is 5. The maximum absolute atomic E-state index is 12.6. The number of hydrogen-bond donors (Lipinski definition) is 1. The molecule has 1 N–H and O–H groups in total. The molecule has 32 heavy (non-hydrogen) atoms. The number of anilines is 1. The van der Waals surface area contributed by atoms with Gasteiger partial charge in [0.15, 0.2) is 5.75 Å². The molecule has 2 aromatic carbocycles. The van der Waals surface area contributed by atoms with Crippen LogP contribution in [0.3, 0.4) is 0 Å². The molecule has 0 atom stereocenters. The zero-order valence-electron chi connectivity index (χ0n) is 18.5. The summed E-state index contributed by atoms with van der Waals surface area (Å²) >= 11 is 0. The fourth-order valence-electron chi connectivity index (χ4n) is 4.18. The van der Waals surface area contributed by atoms with Crippen LogP contribution in [0.5, 0.6) is 11.5 Å². The highest BCUT2D eigenvalue weighted by molar-refractivity contribution is 5.92. The summed E-state index contributed by atoms with van der Waals surface area (Å²) in [5, 5.41) is 2.99. The van der Waals surface area contributed by atoms with Crippen LogP contribution in [0.2, 0.25) is 0 Å². The van der Waals surface area contributed by atoms with Crippen LogP contribution in [-0.2, 0) is 9.59 Å². The first-order chi connectivity index (χ1) is 15.7. The van der Waals surface area contributed by atoms with Gasteiger partial charge >= 0.3 is 0 Å². The molecule has 2 amide bonds. The monoisotopic (exact) mass is 436 g/mol. The molecule has 2 aliphatic rings. The molecule has 2 aliphatic heterocycles. The smallest absolute Gasteiger partial charge is 0.236 e. The number of amides is 2. The zero-order valence-corrected chi connectivity index (χ0v) is 18.5. The van der Waals surface area contributed by atoms with Crippen LogP contribution < -0.4 is 10.1 Å². The van der Waals surface area contributed by atoms with Crippen molar-refractivity contribution in [3.63, 3.8) is 0 Å². The van der Waals surface area contributed by atoms with Crippen LogP contribution in [-0.4, -0.2) is 78.9 Å². The van der Waals surface area contributed by atoms with E-state index in [1.54, 1.807) is 0 Å². The number of piperazine rings is 1. The van der Waals surface area contributed by atoms with Crippen LogP contribution >= 0.6 is 0 Å². The van der Waals surface area contributed by atoms with Gasteiger partial charge in [0.05, 0.1) is 12.2 Å². The Morgan fingerprint density at radius 3 is 2.22 bits per heavy atom. The summed E-state index contributed by atoms with van der Waals surface area (Å²) in [4.78, 5) is 31.4. The van der Waals surface area contributed by atoms with Crippen molar-refractivity contribution in [3.8, 4) is 11.5 Å². The van der Waals surface area contributed by atoms with E-state index < -0.39 is 0 Å². The number of nitrogens with one attached hydrogen (secondary N) is 1. The molecule has 7 heteroatoms. The van der Waals surface area contributed by atoms with Gasteiger partial charge in [0, 0.05) is 52.2 Å². The molecule has 0 bridgehead atoms. The van der Waals surface area contributed by atoms with E-state index in [9.17, 15) is 9.59 Å². The first kappa shape index (κ1) is 22.3. The highest BCUT2D eigenvalue weighted by Crippen LogP contribution is 2.29. The largest absolute Gasteiger partial charge is 0.455 e. The van der Waals surface area contributed by atoms with Crippen molar-refractivity contribution in [2.45, 2.75) is 19.3 Å². The van der Waals surface area contributed by atoms with E-state index in [1.807, 2.05) is 59.5 Å². The molecule has 0 aliphatic carbocycles. The molecule has 0 spiro atoms. The summed E-state index contributed by atoms with van der Waals surface area (Å²) < 4.78 is 5.92. The lowest BCUT2D eigenvalue weighted by molar-refractivity contribution is -0.131. The second-order valence-corrected chi connectivity index (χ2v) is 8.42. The summed E-state index contributed by atoms with van der Waals surface area (Å²) in [5.41, 5.74) is 0.673. The second kappa shape index (κ2) is 11.1. The Hall–Kier alpha value is -2.90. The van der Waals surface area contributed by atoms with Crippen molar-refractivity contribution in [1.29, 1.82) is 0 Å². The van der Waals surface area contributed by atoms with Gasteiger partial charge in [-0.2, -0.15) is 0 Å². The predicted molar refractivity (Wildman–Crippen MR) is 125 cm³/mol. The third-order valence-corrected chi connectivity index (χ3v) is 6.07. The summed E-state index contributed by atoms with van der Waals surface area (Å²) in [6.45, 7) is 6.56. The fourth-order valence-corrected chi connectivity index (χ4v) is 4.18. The lowest BCUT2D eigenvalue weighted by Gasteiger charge is -2.34. The zero-order chi connectivity index (χ0) is 22.2. The number of ether oxygens (including phenoxy) is 1. The van der Waals surface area contributed by atoms with Crippen molar-refractivity contribution in [2.75, 3.05) is 57.7 Å². The van der Waals surface area contributed by atoms with Gasteiger partial charge in [-0.05, 0) is 37.1 Å². The summed E-state index contributed by atoms with van der Waals surface area (Å²) in [6.07, 6.45) is 2.68. The summed E-state index contributed by atoms with van der Waals surface area (Å²) in [5.74, 6) is 1.59. The Balaban J connectivity index is 1.19. The lowest BCUT2D eigenvalue weighted by Crippen LogP contribution is -2.50. The maximum Gasteiger partial charge on any atom is 0.236 e. The minimum atomic E-state index is -0.0271. The molecule has 0 radical (unpaired) electrons. The number of likely N-dealkylation sites (tertiary alicyclic amines) is 1. The first-order valence-corrected chi connectivity index (χ1v) is 11.5. The van der Waals surface area contributed by atoms with Crippen LogP contribution in [0.1, 0.15) is 19.3 Å². The Morgan fingerprint density at radius 2 is 1.47 bits per heavy atom. The van der Waals surface area contributed by atoms with Gasteiger partial charge < -0.3 is 19.9 Å². The molecular weight excluding hydrogens is 404 g/mol. The highest BCUT2D eigenvalue weighted by Gasteiger charge is 2.23. The second-order valence-electron chi connectivity index (χ2n) is 8.42. The Labute approximate surface area is 189 Å². The number of carbonyl (C=O) groups is 2. The van der Waals surface area contributed by atoms with Crippen molar-refractivity contribution < 1.29 is 14.3 Å². The van der Waals surface area contributed by atoms with Gasteiger partial charge in [0.1, 0.15) is 5.75 Å². The van der Waals surface area contributed by atoms with E-state index in [4.69, 9.17) is 4.74 Å². The summed E-state index contributed by atoms with van der Waals surface area (Å²) in [7, 11) is 0. The topological polar surface area (TPSA) is 65.1 Å². The van der Waals surface area contributed by atoms with E-state index in [0.29, 0.717) is 30.9 Å². The van der Waals surface area contributed by atoms with Crippen molar-refractivity contribution in [3.05, 3.63) is 54.6 Å². The van der Waals surface area contributed by atoms with Gasteiger partial charge in [0.25, 0.3) is 0 Å². The third kappa shape index (κ3) is 6.31. The molecule has 2 saturated heterocycles. The Bertz CT molecular complexity index is 891. The number of rotatable bonds is 8. The van der Waals surface area contributed by atoms with E-state index in [1.165, 1.54) is 0 Å². The molecule has 2 aromatic rings. The Kier molecular flexibility index (Phi) is 7.74. The number of para-hydroxylation sites is 3. The number of nitrogens with zero attached hydrogens (tertiary/aromatic N) is 3. The highest BCUT2D eigenvalue weighted by atomic mass is 16.5. The molecule has 0 aromatic heterocycles. The van der Waals surface area contributed by atoms with E-state index in [2.05, 4.69) is 15.1 Å². The summed E-state index contributed by atoms with van der Waals surface area (Å²) in [6, 6.07) is 17.0. The Morgan fingerprint density at radius 1 is 0.812 bits per heavy atom. The number of carbonyl (C=O) groups excluding carboxylic acids is 2. The van der Waals surface area contributed by atoms with Crippen molar-refractivity contribution in [1.82, 2.24) is 14.7 Å².